The van der Waals surface area contributed by atoms with Crippen LogP contribution in [-0.2, 0) is 11.2 Å². The Bertz CT molecular complexity index is 470. The Labute approximate surface area is 122 Å². The Morgan fingerprint density at radius 3 is 2.75 bits per heavy atom. The van der Waals surface area contributed by atoms with Gasteiger partial charge in [-0.2, -0.15) is 0 Å². The highest BCUT2D eigenvalue weighted by atomic mass is 16.2. The number of hydrogen-bond acceptors (Lipinski definition) is 2. The Balaban J connectivity index is 2.00. The van der Waals surface area contributed by atoms with Crippen LogP contribution in [0.1, 0.15) is 32.8 Å². The van der Waals surface area contributed by atoms with Crippen LogP contribution in [0, 0.1) is 11.8 Å². The van der Waals surface area contributed by atoms with Gasteiger partial charge >= 0.3 is 0 Å². The number of para-hydroxylation sites is 1. The van der Waals surface area contributed by atoms with Gasteiger partial charge in [0.25, 0.3) is 0 Å². The maximum atomic E-state index is 12.6. The van der Waals surface area contributed by atoms with Gasteiger partial charge < -0.3 is 10.2 Å². The predicted octanol–water partition coefficient (Wildman–Crippen LogP) is 3.16. The summed E-state index contributed by atoms with van der Waals surface area (Å²) < 4.78 is 0. The smallest absolute Gasteiger partial charge is 0.227 e. The van der Waals surface area contributed by atoms with Crippen molar-refractivity contribution in [2.45, 2.75) is 39.7 Å². The van der Waals surface area contributed by atoms with E-state index in [1.54, 1.807) is 0 Å². The summed E-state index contributed by atoms with van der Waals surface area (Å²) in [5, 5.41) is 3.38. The quantitative estimate of drug-likeness (QED) is 0.914. The molecule has 0 aromatic heterocycles. The van der Waals surface area contributed by atoms with Crippen LogP contribution in [0.25, 0.3) is 0 Å². The predicted molar refractivity (Wildman–Crippen MR) is 83.8 cm³/mol. The number of amides is 1. The van der Waals surface area contributed by atoms with E-state index < -0.39 is 0 Å². The van der Waals surface area contributed by atoms with Gasteiger partial charge in [0.05, 0.1) is 5.92 Å². The van der Waals surface area contributed by atoms with Crippen molar-refractivity contribution in [2.75, 3.05) is 18.9 Å². The van der Waals surface area contributed by atoms with E-state index in [1.807, 2.05) is 24.1 Å². The lowest BCUT2D eigenvalue weighted by atomic mass is 9.92. The minimum atomic E-state index is 0.0597. The summed E-state index contributed by atoms with van der Waals surface area (Å²) in [6, 6.07) is 8.57. The van der Waals surface area contributed by atoms with Crippen molar-refractivity contribution in [1.82, 2.24) is 4.90 Å². The Hall–Kier alpha value is -1.51. The second-order valence-electron chi connectivity index (χ2n) is 6.37. The molecule has 3 heteroatoms. The van der Waals surface area contributed by atoms with Crippen molar-refractivity contribution in [3.8, 4) is 0 Å². The number of nitrogens with one attached hydrogen (secondary N) is 1. The Morgan fingerprint density at radius 1 is 1.35 bits per heavy atom. The molecule has 1 aliphatic rings. The summed E-state index contributed by atoms with van der Waals surface area (Å²) in [5.74, 6) is 0.940. The molecule has 1 aromatic rings. The van der Waals surface area contributed by atoms with Crippen molar-refractivity contribution in [3.63, 3.8) is 0 Å². The van der Waals surface area contributed by atoms with Crippen molar-refractivity contribution in [1.29, 1.82) is 0 Å². The summed E-state index contributed by atoms with van der Waals surface area (Å²) in [7, 11) is 1.94. The number of benzene rings is 1. The second-order valence-corrected chi connectivity index (χ2v) is 6.37. The molecule has 1 aliphatic heterocycles. The molecule has 0 aliphatic carbocycles. The summed E-state index contributed by atoms with van der Waals surface area (Å²) in [4.78, 5) is 14.5. The zero-order valence-electron chi connectivity index (χ0n) is 13.0. The maximum absolute atomic E-state index is 12.6. The number of nitrogens with zero attached hydrogens (tertiary/aromatic N) is 1. The molecule has 2 atom stereocenters. The largest absolute Gasteiger partial charge is 0.384 e. The van der Waals surface area contributed by atoms with E-state index in [0.29, 0.717) is 12.0 Å². The molecule has 0 fully saturated rings. The highest BCUT2D eigenvalue weighted by Crippen LogP contribution is 2.25. The molecular weight excluding hydrogens is 248 g/mol. The molecule has 1 aromatic carbocycles. The lowest BCUT2D eigenvalue weighted by molar-refractivity contribution is -0.135. The van der Waals surface area contributed by atoms with Crippen molar-refractivity contribution in [3.05, 3.63) is 29.8 Å². The van der Waals surface area contributed by atoms with Gasteiger partial charge in [-0.1, -0.05) is 32.0 Å². The van der Waals surface area contributed by atoms with E-state index in [-0.39, 0.29) is 11.8 Å². The first-order valence-electron chi connectivity index (χ1n) is 7.57. The molecule has 3 nitrogen and oxygen atoms in total. The summed E-state index contributed by atoms with van der Waals surface area (Å²) in [6.45, 7) is 7.29. The number of carbonyl (C=O) groups is 1. The van der Waals surface area contributed by atoms with Crippen molar-refractivity contribution < 1.29 is 4.79 Å². The van der Waals surface area contributed by atoms with Crippen LogP contribution < -0.4 is 5.32 Å². The number of rotatable bonds is 4. The van der Waals surface area contributed by atoms with Gasteiger partial charge in [-0.05, 0) is 37.3 Å². The highest BCUT2D eigenvalue weighted by Gasteiger charge is 2.28. The van der Waals surface area contributed by atoms with Crippen LogP contribution in [0.5, 0.6) is 0 Å². The number of fused-ring (bicyclic) bond motifs is 1. The average molecular weight is 274 g/mol. The first-order valence-corrected chi connectivity index (χ1v) is 7.57. The van der Waals surface area contributed by atoms with Crippen LogP contribution in [0.2, 0.25) is 0 Å². The zero-order chi connectivity index (χ0) is 14.7. The average Bonchev–Trinajstić information content (AvgIpc) is 2.44. The highest BCUT2D eigenvalue weighted by molar-refractivity contribution is 5.81. The molecule has 1 heterocycles. The topological polar surface area (TPSA) is 32.3 Å². The standard InChI is InChI=1S/C17H26N2O/c1-12(2)9-13(3)19(4)17(20)15-10-14-7-5-6-8-16(14)18-11-15/h5-8,12-13,15,18H,9-11H2,1-4H3. The fourth-order valence-corrected chi connectivity index (χ4v) is 2.96. The van der Waals surface area contributed by atoms with Crippen molar-refractivity contribution >= 4 is 11.6 Å². The van der Waals surface area contributed by atoms with Gasteiger partial charge in [-0.3, -0.25) is 4.79 Å². The minimum absolute atomic E-state index is 0.0597. The second kappa shape index (κ2) is 6.29. The molecule has 0 spiro atoms. The molecule has 0 bridgehead atoms. The monoisotopic (exact) mass is 274 g/mol. The lowest BCUT2D eigenvalue weighted by Gasteiger charge is -2.32. The molecule has 2 rings (SSSR count). The van der Waals surface area contributed by atoms with Crippen LogP contribution in [0.15, 0.2) is 24.3 Å². The van der Waals surface area contributed by atoms with Crippen LogP contribution in [-0.4, -0.2) is 30.4 Å². The number of hydrogen-bond donors (Lipinski definition) is 1. The molecule has 0 saturated heterocycles. The van der Waals surface area contributed by atoms with Gasteiger partial charge in [-0.15, -0.1) is 0 Å². The molecule has 1 N–H and O–H groups in total. The third-order valence-electron chi connectivity index (χ3n) is 4.19. The van der Waals surface area contributed by atoms with Gasteiger partial charge in [-0.25, -0.2) is 0 Å². The van der Waals surface area contributed by atoms with Gasteiger partial charge in [0, 0.05) is 25.3 Å². The van der Waals surface area contributed by atoms with Crippen LogP contribution in [0.4, 0.5) is 5.69 Å². The Kier molecular flexibility index (Phi) is 4.69. The van der Waals surface area contributed by atoms with E-state index >= 15 is 0 Å². The van der Waals surface area contributed by atoms with Gasteiger partial charge in [0.1, 0.15) is 0 Å². The summed E-state index contributed by atoms with van der Waals surface area (Å²) >= 11 is 0. The summed E-state index contributed by atoms with van der Waals surface area (Å²) in [5.41, 5.74) is 2.43. The number of anilines is 1. The Morgan fingerprint density at radius 2 is 2.05 bits per heavy atom. The van der Waals surface area contributed by atoms with Crippen LogP contribution >= 0.6 is 0 Å². The molecular formula is C17H26N2O. The fraction of sp³-hybridized carbons (Fsp3) is 0.588. The van der Waals surface area contributed by atoms with E-state index in [4.69, 9.17) is 0 Å². The third-order valence-corrected chi connectivity index (χ3v) is 4.19. The molecule has 20 heavy (non-hydrogen) atoms. The van der Waals surface area contributed by atoms with Gasteiger partial charge in [0.15, 0.2) is 0 Å². The van der Waals surface area contributed by atoms with Gasteiger partial charge in [0.2, 0.25) is 5.91 Å². The lowest BCUT2D eigenvalue weighted by Crippen LogP contribution is -2.43. The molecule has 1 amide bonds. The molecule has 110 valence electrons. The normalized spacial score (nSPS) is 19.1. The van der Waals surface area contributed by atoms with E-state index in [9.17, 15) is 4.79 Å². The molecule has 0 saturated carbocycles. The summed E-state index contributed by atoms with van der Waals surface area (Å²) in [6.07, 6.45) is 1.90. The van der Waals surface area contributed by atoms with E-state index in [1.165, 1.54) is 11.3 Å². The third kappa shape index (κ3) is 3.33. The van der Waals surface area contributed by atoms with E-state index in [0.717, 1.165) is 19.4 Å². The first-order chi connectivity index (χ1) is 9.49. The van der Waals surface area contributed by atoms with Crippen LogP contribution in [0.3, 0.4) is 0 Å². The SMILES string of the molecule is CC(C)CC(C)N(C)C(=O)C1CNc2ccccc2C1. The van der Waals surface area contributed by atoms with E-state index in [2.05, 4.69) is 38.2 Å². The molecule has 0 radical (unpaired) electrons. The number of carbonyl (C=O) groups excluding carboxylic acids is 1. The fourth-order valence-electron chi connectivity index (χ4n) is 2.96. The zero-order valence-corrected chi connectivity index (χ0v) is 13.0. The first kappa shape index (κ1) is 14.9. The minimum Gasteiger partial charge on any atom is -0.384 e. The molecule has 2 unspecified atom stereocenters. The van der Waals surface area contributed by atoms with Crippen molar-refractivity contribution in [2.24, 2.45) is 11.8 Å². The maximum Gasteiger partial charge on any atom is 0.227 e.